The highest BCUT2D eigenvalue weighted by atomic mass is 32.2. The highest BCUT2D eigenvalue weighted by Crippen LogP contribution is 2.28. The fraction of sp³-hybridized carbons (Fsp3) is 0.615. The van der Waals surface area contributed by atoms with E-state index < -0.39 is 0 Å². The zero-order chi connectivity index (χ0) is 13.9. The van der Waals surface area contributed by atoms with Gasteiger partial charge in [0.25, 0.3) is 0 Å². The number of aliphatic imine (C=N–C) groups is 1. The van der Waals surface area contributed by atoms with Gasteiger partial charge in [0.15, 0.2) is 5.17 Å². The van der Waals surface area contributed by atoms with E-state index >= 15 is 0 Å². The van der Waals surface area contributed by atoms with Crippen molar-refractivity contribution in [3.63, 3.8) is 0 Å². The van der Waals surface area contributed by atoms with E-state index in [9.17, 15) is 0 Å². The van der Waals surface area contributed by atoms with Crippen LogP contribution in [0.4, 0.5) is 5.82 Å². The van der Waals surface area contributed by atoms with Gasteiger partial charge in [-0.15, -0.1) is 0 Å². The van der Waals surface area contributed by atoms with E-state index in [1.54, 1.807) is 6.33 Å². The first-order valence-electron chi connectivity index (χ1n) is 6.45. The second-order valence-electron chi connectivity index (χ2n) is 5.16. The van der Waals surface area contributed by atoms with Gasteiger partial charge in [-0.2, -0.15) is 0 Å². The molecule has 1 aromatic rings. The summed E-state index contributed by atoms with van der Waals surface area (Å²) in [5, 5.41) is 0.675. The van der Waals surface area contributed by atoms with Gasteiger partial charge in [-0.1, -0.05) is 11.8 Å². The number of hydrogen-bond acceptors (Lipinski definition) is 5. The monoisotopic (exact) mass is 279 g/mol. The number of anilines is 1. The van der Waals surface area contributed by atoms with Crippen LogP contribution in [0.3, 0.4) is 0 Å². The van der Waals surface area contributed by atoms with Crippen molar-refractivity contribution >= 4 is 22.7 Å². The van der Waals surface area contributed by atoms with Gasteiger partial charge in [0.1, 0.15) is 12.1 Å². The standard InChI is InChI=1S/C13H21N5S/c1-10-8-11(16-9-15-10)18-6-4-13(2,5-7-18)17-12(14)19-3/h8-9H,4-7H2,1-3H3,(H2,14,17). The van der Waals surface area contributed by atoms with Crippen molar-refractivity contribution < 1.29 is 0 Å². The minimum absolute atomic E-state index is 0.0360. The summed E-state index contributed by atoms with van der Waals surface area (Å²) >= 11 is 1.51. The molecule has 2 rings (SSSR count). The molecule has 0 bridgehead atoms. The van der Waals surface area contributed by atoms with E-state index in [0.717, 1.165) is 37.4 Å². The maximum atomic E-state index is 5.83. The molecule has 1 aliphatic rings. The van der Waals surface area contributed by atoms with E-state index in [1.165, 1.54) is 11.8 Å². The fourth-order valence-corrected chi connectivity index (χ4v) is 2.57. The van der Waals surface area contributed by atoms with Crippen LogP contribution >= 0.6 is 11.8 Å². The summed E-state index contributed by atoms with van der Waals surface area (Å²) in [5.74, 6) is 1.01. The summed E-state index contributed by atoms with van der Waals surface area (Å²) in [6.45, 7) is 6.08. The molecule has 104 valence electrons. The van der Waals surface area contributed by atoms with Crippen LogP contribution in [-0.2, 0) is 0 Å². The van der Waals surface area contributed by atoms with E-state index in [0.29, 0.717) is 5.17 Å². The Morgan fingerprint density at radius 3 is 2.68 bits per heavy atom. The first-order chi connectivity index (χ1) is 9.02. The highest BCUT2D eigenvalue weighted by Gasteiger charge is 2.30. The van der Waals surface area contributed by atoms with Crippen LogP contribution in [0.2, 0.25) is 0 Å². The minimum Gasteiger partial charge on any atom is -0.379 e. The van der Waals surface area contributed by atoms with Gasteiger partial charge < -0.3 is 10.6 Å². The number of rotatable bonds is 2. The normalized spacial score (nSPS) is 19.5. The number of nitrogens with zero attached hydrogens (tertiary/aromatic N) is 4. The van der Waals surface area contributed by atoms with Crippen LogP contribution in [0.1, 0.15) is 25.5 Å². The third-order valence-corrected chi connectivity index (χ3v) is 4.05. The molecule has 1 aliphatic heterocycles. The lowest BCUT2D eigenvalue weighted by Gasteiger charge is -2.37. The number of hydrogen-bond donors (Lipinski definition) is 1. The number of piperidine rings is 1. The second kappa shape index (κ2) is 5.77. The maximum Gasteiger partial charge on any atom is 0.154 e. The van der Waals surface area contributed by atoms with Crippen LogP contribution in [-0.4, -0.2) is 40.0 Å². The molecule has 5 nitrogen and oxygen atoms in total. The Morgan fingerprint density at radius 2 is 2.11 bits per heavy atom. The van der Waals surface area contributed by atoms with Crippen molar-refractivity contribution in [3.05, 3.63) is 18.1 Å². The predicted molar refractivity (Wildman–Crippen MR) is 81.8 cm³/mol. The summed E-state index contributed by atoms with van der Waals surface area (Å²) in [5.41, 5.74) is 6.80. The van der Waals surface area contributed by atoms with Crippen LogP contribution in [0.15, 0.2) is 17.4 Å². The summed E-state index contributed by atoms with van der Waals surface area (Å²) < 4.78 is 0. The average Bonchev–Trinajstić information content (AvgIpc) is 2.39. The molecule has 1 saturated heterocycles. The summed E-state index contributed by atoms with van der Waals surface area (Å²) in [7, 11) is 0. The van der Waals surface area contributed by atoms with Crippen molar-refractivity contribution in [1.82, 2.24) is 9.97 Å². The highest BCUT2D eigenvalue weighted by molar-refractivity contribution is 8.13. The molecule has 0 spiro atoms. The lowest BCUT2D eigenvalue weighted by molar-refractivity contribution is 0.366. The van der Waals surface area contributed by atoms with E-state index in [1.807, 2.05) is 19.2 Å². The predicted octanol–water partition coefficient (Wildman–Crippen LogP) is 1.82. The largest absolute Gasteiger partial charge is 0.379 e. The number of aromatic nitrogens is 2. The van der Waals surface area contributed by atoms with Crippen LogP contribution in [0.5, 0.6) is 0 Å². The Labute approximate surface area is 118 Å². The van der Waals surface area contributed by atoms with Gasteiger partial charge in [-0.25, -0.2) is 9.97 Å². The number of nitrogens with two attached hydrogens (primary N) is 1. The van der Waals surface area contributed by atoms with E-state index in [4.69, 9.17) is 5.73 Å². The van der Waals surface area contributed by atoms with Crippen LogP contribution in [0.25, 0.3) is 0 Å². The smallest absolute Gasteiger partial charge is 0.154 e. The zero-order valence-electron chi connectivity index (χ0n) is 11.8. The summed E-state index contributed by atoms with van der Waals surface area (Å²) in [6, 6.07) is 2.03. The molecule has 0 amide bonds. The Hall–Kier alpha value is -1.30. The molecule has 2 N–H and O–H groups in total. The Bertz CT molecular complexity index is 466. The SMILES string of the molecule is CSC(N)=NC1(C)CCN(c2cc(C)ncn2)CC1. The molecule has 6 heteroatoms. The molecule has 0 unspecified atom stereocenters. The molecule has 0 aromatic carbocycles. The van der Waals surface area contributed by atoms with E-state index in [2.05, 4.69) is 26.8 Å². The van der Waals surface area contributed by atoms with E-state index in [-0.39, 0.29) is 5.54 Å². The zero-order valence-corrected chi connectivity index (χ0v) is 12.6. The van der Waals surface area contributed by atoms with Crippen LogP contribution in [0, 0.1) is 6.92 Å². The quantitative estimate of drug-likeness (QED) is 0.660. The Balaban J connectivity index is 2.03. The van der Waals surface area contributed by atoms with Crippen molar-refractivity contribution in [2.24, 2.45) is 10.7 Å². The molecule has 19 heavy (non-hydrogen) atoms. The van der Waals surface area contributed by atoms with Crippen LogP contribution < -0.4 is 10.6 Å². The summed E-state index contributed by atoms with van der Waals surface area (Å²) in [4.78, 5) is 15.4. The Morgan fingerprint density at radius 1 is 1.42 bits per heavy atom. The lowest BCUT2D eigenvalue weighted by atomic mass is 9.90. The fourth-order valence-electron chi connectivity index (χ4n) is 2.25. The van der Waals surface area contributed by atoms with Gasteiger partial charge in [-0.3, -0.25) is 4.99 Å². The molecule has 0 saturated carbocycles. The number of thioether (sulfide) groups is 1. The molecular formula is C13H21N5S. The third-order valence-electron chi connectivity index (χ3n) is 3.54. The first-order valence-corrected chi connectivity index (χ1v) is 7.68. The maximum absolute atomic E-state index is 5.83. The summed E-state index contributed by atoms with van der Waals surface area (Å²) in [6.07, 6.45) is 5.58. The second-order valence-corrected chi connectivity index (χ2v) is 5.98. The van der Waals surface area contributed by atoms with Crippen molar-refractivity contribution in [1.29, 1.82) is 0 Å². The Kier molecular flexibility index (Phi) is 4.29. The first kappa shape index (κ1) is 14.1. The molecule has 2 heterocycles. The van der Waals surface area contributed by atoms with Gasteiger partial charge in [0.05, 0.1) is 5.54 Å². The molecule has 1 fully saturated rings. The molecule has 0 radical (unpaired) electrons. The van der Waals surface area contributed by atoms with Gasteiger partial charge >= 0.3 is 0 Å². The number of aryl methyl sites for hydroxylation is 1. The van der Waals surface area contributed by atoms with Gasteiger partial charge in [-0.05, 0) is 32.9 Å². The van der Waals surface area contributed by atoms with Gasteiger partial charge in [0.2, 0.25) is 0 Å². The number of amidine groups is 1. The average molecular weight is 279 g/mol. The van der Waals surface area contributed by atoms with Crippen molar-refractivity contribution in [2.45, 2.75) is 32.2 Å². The molecule has 0 atom stereocenters. The minimum atomic E-state index is -0.0360. The van der Waals surface area contributed by atoms with Gasteiger partial charge in [0, 0.05) is 24.8 Å². The van der Waals surface area contributed by atoms with Crippen molar-refractivity contribution in [2.75, 3.05) is 24.2 Å². The molecule has 1 aromatic heterocycles. The molecule has 0 aliphatic carbocycles. The van der Waals surface area contributed by atoms with Crippen molar-refractivity contribution in [3.8, 4) is 0 Å². The third kappa shape index (κ3) is 3.59. The topological polar surface area (TPSA) is 67.4 Å². The molecular weight excluding hydrogens is 258 g/mol. The lowest BCUT2D eigenvalue weighted by Crippen LogP contribution is -2.42.